The van der Waals surface area contributed by atoms with Gasteiger partial charge in [0, 0.05) is 12.1 Å². The molecule has 2 amide bonds. The smallest absolute Gasteiger partial charge is 0.319 e. The second-order valence-corrected chi connectivity index (χ2v) is 6.29. The van der Waals surface area contributed by atoms with Crippen molar-refractivity contribution in [3.63, 3.8) is 0 Å². The molecule has 0 fully saturated rings. The Balaban J connectivity index is 1.74. The van der Waals surface area contributed by atoms with Crippen molar-refractivity contribution in [2.45, 2.75) is 38.3 Å². The number of rotatable bonds is 3. The van der Waals surface area contributed by atoms with E-state index in [-0.39, 0.29) is 12.1 Å². The van der Waals surface area contributed by atoms with Gasteiger partial charge in [0.15, 0.2) is 0 Å². The summed E-state index contributed by atoms with van der Waals surface area (Å²) in [5.74, 6) is 0.323. The number of hydrogen-bond donors (Lipinski definition) is 3. The van der Waals surface area contributed by atoms with Gasteiger partial charge in [-0.15, -0.1) is 0 Å². The number of hydrogen-bond acceptors (Lipinski definition) is 2. The van der Waals surface area contributed by atoms with E-state index >= 15 is 0 Å². The van der Waals surface area contributed by atoms with Crippen molar-refractivity contribution in [1.82, 2.24) is 5.32 Å². The molecular weight excluding hydrogens is 288 g/mol. The van der Waals surface area contributed by atoms with Crippen LogP contribution in [0.3, 0.4) is 0 Å². The Bertz CT molecular complexity index is 712. The molecule has 2 atom stereocenters. The van der Waals surface area contributed by atoms with Crippen LogP contribution in [0.15, 0.2) is 48.5 Å². The Morgan fingerprint density at radius 3 is 2.61 bits per heavy atom. The summed E-state index contributed by atoms with van der Waals surface area (Å²) in [5, 5.41) is 16.0. The first-order valence-corrected chi connectivity index (χ1v) is 7.98. The summed E-state index contributed by atoms with van der Waals surface area (Å²) in [5.41, 5.74) is 3.98. The van der Waals surface area contributed by atoms with Crippen molar-refractivity contribution in [2.75, 3.05) is 5.32 Å². The van der Waals surface area contributed by atoms with E-state index in [2.05, 4.69) is 24.5 Å². The molecule has 3 rings (SSSR count). The Hall–Kier alpha value is -2.33. The summed E-state index contributed by atoms with van der Waals surface area (Å²) >= 11 is 0. The molecule has 0 unspecified atom stereocenters. The molecule has 2 aromatic carbocycles. The van der Waals surface area contributed by atoms with Crippen molar-refractivity contribution in [3.8, 4) is 0 Å². The van der Waals surface area contributed by atoms with Crippen LogP contribution in [-0.4, -0.2) is 17.2 Å². The van der Waals surface area contributed by atoms with E-state index in [0.29, 0.717) is 12.3 Å². The van der Waals surface area contributed by atoms with Gasteiger partial charge in [0.25, 0.3) is 0 Å². The van der Waals surface area contributed by atoms with Crippen molar-refractivity contribution in [3.05, 3.63) is 65.2 Å². The number of para-hydroxylation sites is 1. The molecule has 0 saturated carbocycles. The molecule has 0 aromatic heterocycles. The van der Waals surface area contributed by atoms with Gasteiger partial charge in [0.1, 0.15) is 0 Å². The van der Waals surface area contributed by atoms with Crippen molar-refractivity contribution >= 4 is 11.7 Å². The van der Waals surface area contributed by atoms with Gasteiger partial charge in [0.2, 0.25) is 0 Å². The van der Waals surface area contributed by atoms with Crippen molar-refractivity contribution in [2.24, 2.45) is 0 Å². The molecule has 23 heavy (non-hydrogen) atoms. The minimum Gasteiger partial charge on any atom is -0.390 e. The molecule has 0 aliphatic heterocycles. The van der Waals surface area contributed by atoms with Crippen LogP contribution in [0.25, 0.3) is 0 Å². The van der Waals surface area contributed by atoms with E-state index in [1.165, 1.54) is 0 Å². The quantitative estimate of drug-likeness (QED) is 0.811. The highest BCUT2D eigenvalue weighted by molar-refractivity contribution is 5.90. The number of aliphatic hydroxyl groups is 1. The lowest BCUT2D eigenvalue weighted by atomic mass is 10.0. The van der Waals surface area contributed by atoms with Crippen LogP contribution in [0, 0.1) is 0 Å². The van der Waals surface area contributed by atoms with Gasteiger partial charge in [-0.05, 0) is 28.7 Å². The fourth-order valence-corrected chi connectivity index (χ4v) is 3.16. The molecule has 0 heterocycles. The van der Waals surface area contributed by atoms with Gasteiger partial charge in [-0.2, -0.15) is 0 Å². The average Bonchev–Trinajstić information content (AvgIpc) is 2.83. The molecule has 4 nitrogen and oxygen atoms in total. The largest absolute Gasteiger partial charge is 0.390 e. The predicted octanol–water partition coefficient (Wildman–Crippen LogP) is 3.59. The SMILES string of the molecule is CC(C)c1ccccc1NC(=O)N[C@@H]1c2ccccc2C[C@@H]1O. The maximum Gasteiger partial charge on any atom is 0.319 e. The highest BCUT2D eigenvalue weighted by Crippen LogP contribution is 2.31. The number of benzene rings is 2. The number of aliphatic hydroxyl groups excluding tert-OH is 1. The van der Waals surface area contributed by atoms with E-state index in [1.807, 2.05) is 48.5 Å². The molecule has 0 bridgehead atoms. The molecule has 3 N–H and O–H groups in total. The summed E-state index contributed by atoms with van der Waals surface area (Å²) in [6, 6.07) is 15.0. The van der Waals surface area contributed by atoms with E-state index in [1.54, 1.807) is 0 Å². The summed E-state index contributed by atoms with van der Waals surface area (Å²) in [7, 11) is 0. The monoisotopic (exact) mass is 310 g/mol. The van der Waals surface area contributed by atoms with Crippen LogP contribution in [0.2, 0.25) is 0 Å². The lowest BCUT2D eigenvalue weighted by Crippen LogP contribution is -2.37. The zero-order valence-corrected chi connectivity index (χ0v) is 13.4. The number of carbonyl (C=O) groups excluding carboxylic acids is 1. The maximum atomic E-state index is 12.4. The third-order valence-electron chi connectivity index (χ3n) is 4.32. The predicted molar refractivity (Wildman–Crippen MR) is 91.6 cm³/mol. The van der Waals surface area contributed by atoms with Gasteiger partial charge >= 0.3 is 6.03 Å². The van der Waals surface area contributed by atoms with Gasteiger partial charge < -0.3 is 15.7 Å². The number of fused-ring (bicyclic) bond motifs is 1. The van der Waals surface area contributed by atoms with Crippen LogP contribution in [0.5, 0.6) is 0 Å². The zero-order valence-electron chi connectivity index (χ0n) is 13.4. The summed E-state index contributed by atoms with van der Waals surface area (Å²) in [4.78, 5) is 12.4. The molecule has 2 aromatic rings. The summed E-state index contributed by atoms with van der Waals surface area (Å²) in [6.07, 6.45) is -0.0116. The van der Waals surface area contributed by atoms with Gasteiger partial charge in [-0.3, -0.25) is 0 Å². The third kappa shape index (κ3) is 3.22. The second kappa shape index (κ2) is 6.42. The first-order chi connectivity index (χ1) is 11.1. The zero-order chi connectivity index (χ0) is 16.4. The molecule has 0 radical (unpaired) electrons. The van der Waals surface area contributed by atoms with Crippen LogP contribution in [0.1, 0.15) is 42.5 Å². The molecule has 1 aliphatic rings. The van der Waals surface area contributed by atoms with Gasteiger partial charge in [-0.1, -0.05) is 56.3 Å². The molecule has 4 heteroatoms. The van der Waals surface area contributed by atoms with Crippen LogP contribution >= 0.6 is 0 Å². The fourth-order valence-electron chi connectivity index (χ4n) is 3.16. The normalized spacial score (nSPS) is 19.5. The molecule has 1 aliphatic carbocycles. The topological polar surface area (TPSA) is 61.4 Å². The number of anilines is 1. The van der Waals surface area contributed by atoms with Crippen molar-refractivity contribution < 1.29 is 9.90 Å². The Morgan fingerprint density at radius 1 is 1.13 bits per heavy atom. The second-order valence-electron chi connectivity index (χ2n) is 6.29. The van der Waals surface area contributed by atoms with Crippen LogP contribution in [-0.2, 0) is 6.42 Å². The standard InChI is InChI=1S/C19H22N2O2/c1-12(2)14-8-5-6-10-16(14)20-19(23)21-18-15-9-4-3-7-13(15)11-17(18)22/h3-10,12,17-18,22H,11H2,1-2H3,(H2,20,21,23)/t17-,18+/m0/s1. The Kier molecular flexibility index (Phi) is 4.35. The van der Waals surface area contributed by atoms with E-state index in [9.17, 15) is 9.90 Å². The highest BCUT2D eigenvalue weighted by atomic mass is 16.3. The first kappa shape index (κ1) is 15.6. The molecular formula is C19H22N2O2. The van der Waals surface area contributed by atoms with Crippen molar-refractivity contribution in [1.29, 1.82) is 0 Å². The van der Waals surface area contributed by atoms with Crippen LogP contribution < -0.4 is 10.6 Å². The van der Waals surface area contributed by atoms with Gasteiger partial charge in [-0.25, -0.2) is 4.79 Å². The Morgan fingerprint density at radius 2 is 1.83 bits per heavy atom. The summed E-state index contributed by atoms with van der Waals surface area (Å²) in [6.45, 7) is 4.19. The number of carbonyl (C=O) groups is 1. The van der Waals surface area contributed by atoms with Crippen LogP contribution in [0.4, 0.5) is 10.5 Å². The first-order valence-electron chi connectivity index (χ1n) is 7.98. The lowest BCUT2D eigenvalue weighted by Gasteiger charge is -2.20. The molecule has 120 valence electrons. The van der Waals surface area contributed by atoms with E-state index in [4.69, 9.17) is 0 Å². The van der Waals surface area contributed by atoms with E-state index in [0.717, 1.165) is 22.4 Å². The number of nitrogens with one attached hydrogen (secondary N) is 2. The minimum absolute atomic E-state index is 0.293. The van der Waals surface area contributed by atoms with E-state index < -0.39 is 6.10 Å². The summed E-state index contributed by atoms with van der Waals surface area (Å²) < 4.78 is 0. The maximum absolute atomic E-state index is 12.4. The molecule has 0 saturated heterocycles. The molecule has 0 spiro atoms. The lowest BCUT2D eigenvalue weighted by molar-refractivity contribution is 0.144. The average molecular weight is 310 g/mol. The Labute approximate surface area is 136 Å². The number of urea groups is 1. The third-order valence-corrected chi connectivity index (χ3v) is 4.32. The minimum atomic E-state index is -0.585. The van der Waals surface area contributed by atoms with Gasteiger partial charge in [0.05, 0.1) is 12.1 Å². The number of amides is 2. The highest BCUT2D eigenvalue weighted by Gasteiger charge is 2.31. The fraction of sp³-hybridized carbons (Fsp3) is 0.316.